The minimum atomic E-state index is -0.418. The van der Waals surface area contributed by atoms with Crippen LogP contribution in [0, 0.1) is 0 Å². The smallest absolute Gasteiger partial charge is 0.250 e. The Balaban J connectivity index is 2.28. The van der Waals surface area contributed by atoms with E-state index >= 15 is 0 Å². The molecule has 0 aliphatic carbocycles. The molecule has 5 heteroatoms. The van der Waals surface area contributed by atoms with Gasteiger partial charge in [-0.2, -0.15) is 0 Å². The van der Waals surface area contributed by atoms with E-state index in [2.05, 4.69) is 11.9 Å². The van der Waals surface area contributed by atoms with Gasteiger partial charge in [0.25, 0.3) is 5.91 Å². The Labute approximate surface area is 101 Å². The zero-order valence-electron chi connectivity index (χ0n) is 10.1. The number of carbonyl (C=O) groups excluding carboxylic acids is 1. The van der Waals surface area contributed by atoms with Crippen molar-refractivity contribution in [2.45, 2.75) is 0 Å². The molecule has 92 valence electrons. The Hall–Kier alpha value is -1.75. The first-order valence-corrected chi connectivity index (χ1v) is 5.83. The zero-order chi connectivity index (χ0) is 12.4. The van der Waals surface area contributed by atoms with Gasteiger partial charge in [-0.25, -0.2) is 0 Å². The van der Waals surface area contributed by atoms with Gasteiger partial charge in [0.2, 0.25) is 0 Å². The first kappa shape index (κ1) is 11.7. The third-order valence-electron chi connectivity index (χ3n) is 3.24. The van der Waals surface area contributed by atoms with Crippen LogP contribution >= 0.6 is 0 Å². The molecule has 1 aliphatic heterocycles. The second kappa shape index (κ2) is 4.63. The summed E-state index contributed by atoms with van der Waals surface area (Å²) in [5, 5.41) is 0. The molecule has 1 fully saturated rings. The minimum absolute atomic E-state index is 0.418. The van der Waals surface area contributed by atoms with Crippen LogP contribution in [0.25, 0.3) is 0 Å². The van der Waals surface area contributed by atoms with E-state index in [1.807, 2.05) is 12.1 Å². The number of piperazine rings is 1. The average Bonchev–Trinajstić information content (AvgIpc) is 2.30. The molecule has 1 aromatic carbocycles. The average molecular weight is 235 g/mol. The third-order valence-corrected chi connectivity index (χ3v) is 3.24. The van der Waals surface area contributed by atoms with Crippen LogP contribution in [0.4, 0.5) is 11.4 Å². The molecule has 1 amide bonds. The fraction of sp³-hybridized carbons (Fsp3) is 0.417. The number of nitrogen functional groups attached to an aromatic ring is 1. The number of hydrogen-bond acceptors (Lipinski definition) is 3. The fourth-order valence-electron chi connectivity index (χ4n) is 2.16. The molecule has 0 atom stereocenters. The lowest BCUT2D eigenvalue weighted by molar-refractivity contribution is -0.880. The molecule has 1 aromatic rings. The van der Waals surface area contributed by atoms with E-state index in [1.54, 1.807) is 6.07 Å². The molecule has 0 aromatic heterocycles. The van der Waals surface area contributed by atoms with Crippen molar-refractivity contribution in [2.75, 3.05) is 43.9 Å². The molecule has 0 bridgehead atoms. The van der Waals surface area contributed by atoms with Crippen LogP contribution in [-0.2, 0) is 0 Å². The van der Waals surface area contributed by atoms with E-state index in [1.165, 1.54) is 4.90 Å². The Morgan fingerprint density at radius 3 is 2.59 bits per heavy atom. The van der Waals surface area contributed by atoms with Crippen LogP contribution < -0.4 is 21.3 Å². The molecule has 2 rings (SSSR count). The molecule has 0 saturated carbocycles. The van der Waals surface area contributed by atoms with Crippen LogP contribution in [0.5, 0.6) is 0 Å². The minimum Gasteiger partial charge on any atom is -0.399 e. The second-order valence-electron chi connectivity index (χ2n) is 4.58. The lowest BCUT2D eigenvalue weighted by Gasteiger charge is -2.32. The maximum absolute atomic E-state index is 11.4. The van der Waals surface area contributed by atoms with Gasteiger partial charge in [-0.05, 0) is 18.2 Å². The molecule has 17 heavy (non-hydrogen) atoms. The highest BCUT2D eigenvalue weighted by atomic mass is 16.1. The van der Waals surface area contributed by atoms with Crippen molar-refractivity contribution in [1.29, 1.82) is 0 Å². The molecule has 1 saturated heterocycles. The summed E-state index contributed by atoms with van der Waals surface area (Å²) in [5.74, 6) is -0.418. The summed E-state index contributed by atoms with van der Waals surface area (Å²) in [6.45, 7) is 4.03. The van der Waals surface area contributed by atoms with Crippen molar-refractivity contribution in [2.24, 2.45) is 5.73 Å². The summed E-state index contributed by atoms with van der Waals surface area (Å²) in [7, 11) is 2.18. The van der Waals surface area contributed by atoms with Gasteiger partial charge in [0.05, 0.1) is 44.5 Å². The van der Waals surface area contributed by atoms with Crippen LogP contribution in [-0.4, -0.2) is 39.1 Å². The number of nitrogens with one attached hydrogen (secondary N) is 1. The fourth-order valence-corrected chi connectivity index (χ4v) is 2.16. The molecule has 0 unspecified atom stereocenters. The monoisotopic (exact) mass is 235 g/mol. The molecule has 5 nitrogen and oxygen atoms in total. The highest BCUT2D eigenvalue weighted by Crippen LogP contribution is 2.22. The van der Waals surface area contributed by atoms with Gasteiger partial charge >= 0.3 is 0 Å². The third kappa shape index (κ3) is 2.50. The number of hydrogen-bond donors (Lipinski definition) is 3. The van der Waals surface area contributed by atoms with E-state index < -0.39 is 5.91 Å². The molecular formula is C12H19N4O+. The Morgan fingerprint density at radius 2 is 2.00 bits per heavy atom. The summed E-state index contributed by atoms with van der Waals surface area (Å²) in [5.41, 5.74) is 13.1. The summed E-state index contributed by atoms with van der Waals surface area (Å²) >= 11 is 0. The van der Waals surface area contributed by atoms with Crippen LogP contribution in [0.3, 0.4) is 0 Å². The maximum Gasteiger partial charge on any atom is 0.250 e. The van der Waals surface area contributed by atoms with E-state index in [4.69, 9.17) is 11.5 Å². The predicted octanol–water partition coefficient (Wildman–Crippen LogP) is -1.30. The highest BCUT2D eigenvalue weighted by molar-refractivity contribution is 5.99. The summed E-state index contributed by atoms with van der Waals surface area (Å²) < 4.78 is 0. The number of likely N-dealkylation sites (N-methyl/N-ethyl adjacent to an activating group) is 1. The number of rotatable bonds is 2. The van der Waals surface area contributed by atoms with Gasteiger partial charge in [0.15, 0.2) is 0 Å². The normalized spacial score (nSPS) is 17.1. The summed E-state index contributed by atoms with van der Waals surface area (Å²) in [6, 6.07) is 5.35. The largest absolute Gasteiger partial charge is 0.399 e. The molecular weight excluding hydrogens is 216 g/mol. The Kier molecular flexibility index (Phi) is 3.19. The standard InChI is InChI=1S/C12H18N4O/c1-15-4-6-16(7-5-15)11-3-2-9(13)8-10(11)12(14)17/h2-3,8H,4-7,13H2,1H3,(H2,14,17)/p+1. The van der Waals surface area contributed by atoms with Crippen molar-refractivity contribution in [1.82, 2.24) is 0 Å². The summed E-state index contributed by atoms with van der Waals surface area (Å²) in [6.07, 6.45) is 0. The maximum atomic E-state index is 11.4. The highest BCUT2D eigenvalue weighted by Gasteiger charge is 2.20. The van der Waals surface area contributed by atoms with Gasteiger partial charge in [0, 0.05) is 5.69 Å². The zero-order valence-corrected chi connectivity index (χ0v) is 10.1. The van der Waals surface area contributed by atoms with Crippen molar-refractivity contribution in [3.63, 3.8) is 0 Å². The van der Waals surface area contributed by atoms with Gasteiger partial charge in [-0.1, -0.05) is 0 Å². The van der Waals surface area contributed by atoms with Gasteiger partial charge in [0.1, 0.15) is 0 Å². The number of nitrogens with two attached hydrogens (primary N) is 2. The van der Waals surface area contributed by atoms with Gasteiger partial charge in [-0.15, -0.1) is 0 Å². The summed E-state index contributed by atoms with van der Waals surface area (Å²) in [4.78, 5) is 15.1. The Morgan fingerprint density at radius 1 is 1.35 bits per heavy atom. The number of amides is 1. The van der Waals surface area contributed by atoms with Crippen molar-refractivity contribution >= 4 is 17.3 Å². The van der Waals surface area contributed by atoms with Crippen molar-refractivity contribution in [3.05, 3.63) is 23.8 Å². The van der Waals surface area contributed by atoms with E-state index in [0.717, 1.165) is 31.9 Å². The quantitative estimate of drug-likeness (QED) is 0.558. The first-order chi connectivity index (χ1) is 8.08. The molecule has 0 spiro atoms. The first-order valence-electron chi connectivity index (χ1n) is 5.83. The number of quaternary nitrogens is 1. The van der Waals surface area contributed by atoms with Crippen molar-refractivity contribution in [3.8, 4) is 0 Å². The molecule has 5 N–H and O–H groups in total. The number of nitrogens with zero attached hydrogens (tertiary/aromatic N) is 1. The van der Waals surface area contributed by atoms with E-state index in [9.17, 15) is 4.79 Å². The SMILES string of the molecule is C[NH+]1CCN(c2ccc(N)cc2C(N)=O)CC1. The molecule has 0 radical (unpaired) electrons. The van der Waals surface area contributed by atoms with Gasteiger partial charge in [-0.3, -0.25) is 4.79 Å². The van der Waals surface area contributed by atoms with Crippen LogP contribution in [0.15, 0.2) is 18.2 Å². The second-order valence-corrected chi connectivity index (χ2v) is 4.58. The van der Waals surface area contributed by atoms with Crippen molar-refractivity contribution < 1.29 is 9.69 Å². The topological polar surface area (TPSA) is 76.8 Å². The van der Waals surface area contributed by atoms with Gasteiger partial charge < -0.3 is 21.3 Å². The van der Waals surface area contributed by atoms with Crippen LogP contribution in [0.1, 0.15) is 10.4 Å². The predicted molar refractivity (Wildman–Crippen MR) is 68.2 cm³/mol. The Bertz CT molecular complexity index is 425. The number of primary amides is 1. The molecule has 1 aliphatic rings. The van der Waals surface area contributed by atoms with Crippen LogP contribution in [0.2, 0.25) is 0 Å². The molecule has 1 heterocycles. The lowest BCUT2D eigenvalue weighted by Crippen LogP contribution is -3.12. The lowest BCUT2D eigenvalue weighted by atomic mass is 10.1. The van der Waals surface area contributed by atoms with E-state index in [0.29, 0.717) is 11.3 Å². The number of carbonyl (C=O) groups is 1. The number of anilines is 2. The number of benzene rings is 1. The van der Waals surface area contributed by atoms with E-state index in [-0.39, 0.29) is 0 Å².